The number of hydrazone groups is 1. The van der Waals surface area contributed by atoms with Gasteiger partial charge in [-0.2, -0.15) is 10.1 Å². The van der Waals surface area contributed by atoms with E-state index in [-0.39, 0.29) is 11.8 Å². The molecule has 1 aromatic heterocycles. The first kappa shape index (κ1) is 14.3. The van der Waals surface area contributed by atoms with Crippen molar-refractivity contribution in [1.29, 1.82) is 0 Å². The van der Waals surface area contributed by atoms with Crippen molar-refractivity contribution in [2.24, 2.45) is 11.0 Å². The Morgan fingerprint density at radius 2 is 2.00 bits per heavy atom. The lowest BCUT2D eigenvalue weighted by Crippen LogP contribution is -2.25. The maximum atomic E-state index is 12.5. The van der Waals surface area contributed by atoms with Crippen molar-refractivity contribution < 1.29 is 9.53 Å². The van der Waals surface area contributed by atoms with Gasteiger partial charge in [0.25, 0.3) is 5.91 Å². The zero-order chi connectivity index (χ0) is 15.5. The molecule has 2 aromatic rings. The summed E-state index contributed by atoms with van der Waals surface area (Å²) in [6.07, 6.45) is 3.43. The van der Waals surface area contributed by atoms with Gasteiger partial charge in [0.05, 0.1) is 23.9 Å². The summed E-state index contributed by atoms with van der Waals surface area (Å²) in [6.45, 7) is 4.41. The summed E-state index contributed by atoms with van der Waals surface area (Å²) < 4.78 is 5.41. The van der Waals surface area contributed by atoms with Crippen molar-refractivity contribution in [2.75, 3.05) is 11.6 Å². The van der Waals surface area contributed by atoms with Gasteiger partial charge in [-0.25, -0.2) is 0 Å². The minimum Gasteiger partial charge on any atom is -0.494 e. The van der Waals surface area contributed by atoms with Gasteiger partial charge in [0, 0.05) is 18.0 Å². The van der Waals surface area contributed by atoms with Crippen LogP contribution in [0.2, 0.25) is 0 Å². The van der Waals surface area contributed by atoms with Crippen LogP contribution in [0.15, 0.2) is 53.9 Å². The molecule has 1 aromatic carbocycles. The van der Waals surface area contributed by atoms with E-state index in [9.17, 15) is 4.79 Å². The number of carbonyl (C=O) groups excluding carboxylic acids is 1. The molecule has 22 heavy (non-hydrogen) atoms. The highest BCUT2D eigenvalue weighted by atomic mass is 16.5. The monoisotopic (exact) mass is 295 g/mol. The molecule has 0 aliphatic carbocycles. The summed E-state index contributed by atoms with van der Waals surface area (Å²) in [7, 11) is 0. The van der Waals surface area contributed by atoms with Gasteiger partial charge < -0.3 is 4.74 Å². The molecular weight excluding hydrogens is 278 g/mol. The molecule has 1 unspecified atom stereocenters. The Hall–Kier alpha value is -2.69. The Labute approximate surface area is 129 Å². The predicted octanol–water partition coefficient (Wildman–Crippen LogP) is 2.87. The number of benzene rings is 1. The molecule has 5 heteroatoms. The molecule has 0 N–H and O–H groups in total. The lowest BCUT2D eigenvalue weighted by Gasteiger charge is -2.13. The van der Waals surface area contributed by atoms with Crippen LogP contribution in [0.5, 0.6) is 5.75 Å². The standard InChI is InChI=1S/C17H17N3O2/c1-3-22-15-8-6-14(7-9-15)20-17(21)12(2)16(19-20)13-5-4-10-18-11-13/h4-12H,3H2,1-2H3. The van der Waals surface area contributed by atoms with Crippen molar-refractivity contribution in [2.45, 2.75) is 13.8 Å². The second kappa shape index (κ2) is 5.97. The van der Waals surface area contributed by atoms with Crippen LogP contribution in [0.4, 0.5) is 5.69 Å². The number of ether oxygens (including phenoxy) is 1. The summed E-state index contributed by atoms with van der Waals surface area (Å²) >= 11 is 0. The van der Waals surface area contributed by atoms with Crippen LogP contribution >= 0.6 is 0 Å². The van der Waals surface area contributed by atoms with Gasteiger partial charge in [-0.15, -0.1) is 0 Å². The van der Waals surface area contributed by atoms with Gasteiger partial charge in [0.2, 0.25) is 0 Å². The van der Waals surface area contributed by atoms with Gasteiger partial charge in [-0.1, -0.05) is 0 Å². The fourth-order valence-electron chi connectivity index (χ4n) is 2.40. The quantitative estimate of drug-likeness (QED) is 0.871. The number of anilines is 1. The molecule has 5 nitrogen and oxygen atoms in total. The van der Waals surface area contributed by atoms with Crippen LogP contribution < -0.4 is 9.75 Å². The molecule has 0 fully saturated rings. The average molecular weight is 295 g/mol. The van der Waals surface area contributed by atoms with Crippen LogP contribution in [0.3, 0.4) is 0 Å². The SMILES string of the molecule is CCOc1ccc(N2N=C(c3cccnc3)C(C)C2=O)cc1. The second-order valence-electron chi connectivity index (χ2n) is 5.03. The lowest BCUT2D eigenvalue weighted by atomic mass is 10.0. The highest BCUT2D eigenvalue weighted by molar-refractivity contribution is 6.21. The number of hydrogen-bond donors (Lipinski definition) is 0. The van der Waals surface area contributed by atoms with E-state index in [1.165, 1.54) is 5.01 Å². The fourth-order valence-corrected chi connectivity index (χ4v) is 2.40. The van der Waals surface area contributed by atoms with Crippen LogP contribution in [0, 0.1) is 5.92 Å². The molecule has 1 aliphatic rings. The van der Waals surface area contributed by atoms with E-state index in [0.29, 0.717) is 6.61 Å². The van der Waals surface area contributed by atoms with Crippen LogP contribution in [-0.4, -0.2) is 23.2 Å². The molecule has 3 rings (SSSR count). The Morgan fingerprint density at radius 3 is 2.64 bits per heavy atom. The molecule has 0 spiro atoms. The number of pyridine rings is 1. The molecule has 0 saturated carbocycles. The van der Waals surface area contributed by atoms with Gasteiger partial charge in [-0.05, 0) is 50.2 Å². The molecule has 2 heterocycles. The van der Waals surface area contributed by atoms with E-state index >= 15 is 0 Å². The molecule has 0 bridgehead atoms. The average Bonchev–Trinajstić information content (AvgIpc) is 2.85. The number of aromatic nitrogens is 1. The van der Waals surface area contributed by atoms with Gasteiger partial charge in [0.1, 0.15) is 5.75 Å². The molecule has 1 atom stereocenters. The van der Waals surface area contributed by atoms with Crippen molar-refractivity contribution in [3.05, 3.63) is 54.4 Å². The first-order valence-corrected chi connectivity index (χ1v) is 7.26. The maximum Gasteiger partial charge on any atom is 0.256 e. The number of hydrogen-bond acceptors (Lipinski definition) is 4. The molecular formula is C17H17N3O2. The molecule has 0 radical (unpaired) electrons. The molecule has 1 aliphatic heterocycles. The van der Waals surface area contributed by atoms with E-state index in [1.54, 1.807) is 12.4 Å². The third kappa shape index (κ3) is 2.57. The Bertz CT molecular complexity index is 696. The van der Waals surface area contributed by atoms with E-state index in [1.807, 2.05) is 50.2 Å². The summed E-state index contributed by atoms with van der Waals surface area (Å²) in [5, 5.41) is 5.93. The van der Waals surface area contributed by atoms with E-state index in [4.69, 9.17) is 4.74 Å². The summed E-state index contributed by atoms with van der Waals surface area (Å²) in [5.41, 5.74) is 2.35. The number of amides is 1. The first-order valence-electron chi connectivity index (χ1n) is 7.26. The van der Waals surface area contributed by atoms with Crippen molar-refractivity contribution >= 4 is 17.3 Å². The van der Waals surface area contributed by atoms with Gasteiger partial charge in [-0.3, -0.25) is 9.78 Å². The normalized spacial score (nSPS) is 17.5. The van der Waals surface area contributed by atoms with Crippen molar-refractivity contribution in [1.82, 2.24) is 4.98 Å². The fraction of sp³-hybridized carbons (Fsp3) is 0.235. The van der Waals surface area contributed by atoms with Crippen LogP contribution in [0.25, 0.3) is 0 Å². The summed E-state index contributed by atoms with van der Waals surface area (Å²) in [5.74, 6) is 0.459. The van der Waals surface area contributed by atoms with E-state index in [0.717, 1.165) is 22.7 Å². The predicted molar refractivity (Wildman–Crippen MR) is 85.0 cm³/mol. The Kier molecular flexibility index (Phi) is 3.87. The topological polar surface area (TPSA) is 54.8 Å². The summed E-state index contributed by atoms with van der Waals surface area (Å²) in [6, 6.07) is 11.1. The number of nitrogens with zero attached hydrogens (tertiary/aromatic N) is 3. The third-order valence-electron chi connectivity index (χ3n) is 3.55. The Balaban J connectivity index is 1.90. The molecule has 112 valence electrons. The molecule has 0 saturated heterocycles. The van der Waals surface area contributed by atoms with E-state index in [2.05, 4.69) is 10.1 Å². The second-order valence-corrected chi connectivity index (χ2v) is 5.03. The highest BCUT2D eigenvalue weighted by Gasteiger charge is 2.34. The summed E-state index contributed by atoms with van der Waals surface area (Å²) in [4.78, 5) is 16.6. The third-order valence-corrected chi connectivity index (χ3v) is 3.55. The zero-order valence-electron chi connectivity index (χ0n) is 12.6. The van der Waals surface area contributed by atoms with Crippen molar-refractivity contribution in [3.63, 3.8) is 0 Å². The van der Waals surface area contributed by atoms with Gasteiger partial charge >= 0.3 is 0 Å². The molecule has 1 amide bonds. The van der Waals surface area contributed by atoms with E-state index < -0.39 is 0 Å². The van der Waals surface area contributed by atoms with Crippen LogP contribution in [0.1, 0.15) is 19.4 Å². The highest BCUT2D eigenvalue weighted by Crippen LogP contribution is 2.27. The minimum atomic E-state index is -0.282. The Morgan fingerprint density at radius 1 is 1.23 bits per heavy atom. The van der Waals surface area contributed by atoms with Crippen molar-refractivity contribution in [3.8, 4) is 5.75 Å². The smallest absolute Gasteiger partial charge is 0.256 e. The zero-order valence-corrected chi connectivity index (χ0v) is 12.6. The lowest BCUT2D eigenvalue weighted by molar-refractivity contribution is -0.119. The maximum absolute atomic E-state index is 12.5. The number of rotatable bonds is 4. The minimum absolute atomic E-state index is 0.0389. The van der Waals surface area contributed by atoms with Gasteiger partial charge in [0.15, 0.2) is 0 Å². The number of carbonyl (C=O) groups is 1. The largest absolute Gasteiger partial charge is 0.494 e. The van der Waals surface area contributed by atoms with Crippen LogP contribution in [-0.2, 0) is 4.79 Å². The first-order chi connectivity index (χ1) is 10.7.